The van der Waals surface area contributed by atoms with Crippen molar-refractivity contribution in [2.24, 2.45) is 5.92 Å². The van der Waals surface area contributed by atoms with Crippen LogP contribution in [-0.4, -0.2) is 29.2 Å². The molecule has 0 aromatic carbocycles. The Morgan fingerprint density at radius 3 is 2.87 bits per heavy atom. The fourth-order valence-electron chi connectivity index (χ4n) is 1.84. The molecule has 1 atom stereocenters. The van der Waals surface area contributed by atoms with Crippen LogP contribution in [-0.2, 0) is 4.79 Å². The smallest absolute Gasteiger partial charge is 0.228 e. The summed E-state index contributed by atoms with van der Waals surface area (Å²) >= 11 is 0. The Labute approximate surface area is 88.6 Å². The molecule has 1 saturated heterocycles. The van der Waals surface area contributed by atoms with Crippen LogP contribution in [0.4, 0.5) is 5.69 Å². The average Bonchev–Trinajstić information content (AvgIpc) is 2.82. The predicted molar refractivity (Wildman–Crippen MR) is 57.7 cm³/mol. The molecule has 0 aliphatic carbocycles. The minimum Gasteiger partial charge on any atom is -0.323 e. The van der Waals surface area contributed by atoms with Crippen LogP contribution in [0.1, 0.15) is 17.8 Å². The fourth-order valence-corrected chi connectivity index (χ4v) is 1.84. The Morgan fingerprint density at radius 1 is 1.53 bits per heavy atom. The molecule has 1 aromatic heterocycles. The number of nitrogens with zero attached hydrogens (tertiary/aromatic N) is 1. The second-order valence-corrected chi connectivity index (χ2v) is 3.99. The van der Waals surface area contributed by atoms with E-state index in [9.17, 15) is 4.79 Å². The van der Waals surface area contributed by atoms with Gasteiger partial charge in [-0.15, -0.1) is 0 Å². The lowest BCUT2D eigenvalue weighted by Crippen LogP contribution is -2.25. The Balaban J connectivity index is 2.05. The Hall–Kier alpha value is -1.36. The van der Waals surface area contributed by atoms with Gasteiger partial charge >= 0.3 is 0 Å². The highest BCUT2D eigenvalue weighted by Gasteiger charge is 2.23. The van der Waals surface area contributed by atoms with Gasteiger partial charge in [0.1, 0.15) is 0 Å². The van der Waals surface area contributed by atoms with Gasteiger partial charge in [0, 0.05) is 6.54 Å². The van der Waals surface area contributed by atoms with Gasteiger partial charge in [-0.2, -0.15) is 5.10 Å². The number of anilines is 1. The van der Waals surface area contributed by atoms with Crippen LogP contribution in [0.3, 0.4) is 0 Å². The molecule has 1 fully saturated rings. The molecule has 0 unspecified atom stereocenters. The number of rotatable bonds is 2. The summed E-state index contributed by atoms with van der Waals surface area (Å²) in [6, 6.07) is 0. The minimum absolute atomic E-state index is 0.0904. The van der Waals surface area contributed by atoms with E-state index < -0.39 is 0 Å². The topological polar surface area (TPSA) is 69.8 Å². The molecule has 2 rings (SSSR count). The number of hydrogen-bond donors (Lipinski definition) is 3. The zero-order valence-electron chi connectivity index (χ0n) is 9.05. The number of nitrogens with one attached hydrogen (secondary N) is 3. The Kier molecular flexibility index (Phi) is 2.73. The third-order valence-electron chi connectivity index (χ3n) is 2.81. The third-order valence-corrected chi connectivity index (χ3v) is 2.81. The van der Waals surface area contributed by atoms with Crippen LogP contribution in [0.5, 0.6) is 0 Å². The van der Waals surface area contributed by atoms with E-state index in [1.165, 1.54) is 0 Å². The summed E-state index contributed by atoms with van der Waals surface area (Å²) in [5.74, 6) is 0.186. The first-order valence-electron chi connectivity index (χ1n) is 5.21. The molecule has 0 bridgehead atoms. The molecule has 5 nitrogen and oxygen atoms in total. The molecule has 3 N–H and O–H groups in total. The lowest BCUT2D eigenvalue weighted by molar-refractivity contribution is -0.119. The summed E-state index contributed by atoms with van der Waals surface area (Å²) in [5, 5.41) is 13.0. The summed E-state index contributed by atoms with van der Waals surface area (Å²) in [7, 11) is 0. The van der Waals surface area contributed by atoms with Gasteiger partial charge in [-0.05, 0) is 26.8 Å². The standard InChI is InChI=1S/C10H16N4O/c1-6-9(7(2)14-13-6)12-10(15)8-3-4-11-5-8/h8,11H,3-5H2,1-2H3,(H,12,15)(H,13,14)/t8-/m1/s1. The van der Waals surface area contributed by atoms with Crippen molar-refractivity contribution < 1.29 is 4.79 Å². The summed E-state index contributed by atoms with van der Waals surface area (Å²) in [4.78, 5) is 11.8. The van der Waals surface area contributed by atoms with E-state index >= 15 is 0 Å². The highest BCUT2D eigenvalue weighted by atomic mass is 16.1. The van der Waals surface area contributed by atoms with Crippen LogP contribution < -0.4 is 10.6 Å². The Bertz CT molecular complexity index is 346. The summed E-state index contributed by atoms with van der Waals surface area (Å²) in [6.07, 6.45) is 0.918. The largest absolute Gasteiger partial charge is 0.323 e. The minimum atomic E-state index is 0.0904. The number of H-pyrrole nitrogens is 1. The van der Waals surface area contributed by atoms with Gasteiger partial charge in [0.2, 0.25) is 5.91 Å². The molecule has 15 heavy (non-hydrogen) atoms. The second kappa shape index (κ2) is 4.02. The van der Waals surface area contributed by atoms with Crippen molar-refractivity contribution in [2.75, 3.05) is 18.4 Å². The van der Waals surface area contributed by atoms with Crippen LogP contribution in [0.15, 0.2) is 0 Å². The maximum atomic E-state index is 11.8. The number of aromatic amines is 1. The summed E-state index contributed by atoms with van der Waals surface area (Å²) in [6.45, 7) is 5.50. The molecule has 2 heterocycles. The fraction of sp³-hybridized carbons (Fsp3) is 0.600. The van der Waals surface area contributed by atoms with Crippen molar-refractivity contribution >= 4 is 11.6 Å². The highest BCUT2D eigenvalue weighted by molar-refractivity contribution is 5.93. The summed E-state index contributed by atoms with van der Waals surface area (Å²) in [5.41, 5.74) is 2.57. The van der Waals surface area contributed by atoms with Crippen LogP contribution >= 0.6 is 0 Å². The first kappa shape index (κ1) is 10.2. The van der Waals surface area contributed by atoms with Crippen LogP contribution in [0.25, 0.3) is 0 Å². The van der Waals surface area contributed by atoms with Gasteiger partial charge in [0.05, 0.1) is 23.0 Å². The van der Waals surface area contributed by atoms with Gasteiger partial charge in [0.15, 0.2) is 0 Å². The van der Waals surface area contributed by atoms with Gasteiger partial charge in [0.25, 0.3) is 0 Å². The maximum absolute atomic E-state index is 11.8. The molecule has 0 radical (unpaired) electrons. The van der Waals surface area contributed by atoms with E-state index in [-0.39, 0.29) is 11.8 Å². The molecule has 1 aromatic rings. The van der Waals surface area contributed by atoms with E-state index in [1.807, 2.05) is 13.8 Å². The molecule has 1 aliphatic rings. The number of aryl methyl sites for hydroxylation is 2. The predicted octanol–water partition coefficient (Wildman–Crippen LogP) is 0.575. The lowest BCUT2D eigenvalue weighted by atomic mass is 10.1. The number of aromatic nitrogens is 2. The normalized spacial score (nSPS) is 20.5. The molecule has 82 valence electrons. The lowest BCUT2D eigenvalue weighted by Gasteiger charge is -2.09. The first-order chi connectivity index (χ1) is 7.18. The quantitative estimate of drug-likeness (QED) is 0.665. The van der Waals surface area contributed by atoms with Crippen molar-refractivity contribution in [2.45, 2.75) is 20.3 Å². The molecular weight excluding hydrogens is 192 g/mol. The van der Waals surface area contributed by atoms with Crippen LogP contribution in [0, 0.1) is 19.8 Å². The number of hydrogen-bond acceptors (Lipinski definition) is 3. The van der Waals surface area contributed by atoms with E-state index in [0.29, 0.717) is 0 Å². The molecule has 0 saturated carbocycles. The zero-order valence-corrected chi connectivity index (χ0v) is 9.05. The van der Waals surface area contributed by atoms with E-state index in [4.69, 9.17) is 0 Å². The SMILES string of the molecule is Cc1n[nH]c(C)c1NC(=O)[C@@H]1CCNC1. The first-order valence-corrected chi connectivity index (χ1v) is 5.21. The zero-order chi connectivity index (χ0) is 10.8. The molecule has 0 spiro atoms. The highest BCUT2D eigenvalue weighted by Crippen LogP contribution is 2.18. The van der Waals surface area contributed by atoms with Crippen molar-refractivity contribution in [3.8, 4) is 0 Å². The van der Waals surface area contributed by atoms with E-state index in [1.54, 1.807) is 0 Å². The maximum Gasteiger partial charge on any atom is 0.228 e. The van der Waals surface area contributed by atoms with Gasteiger partial charge in [-0.25, -0.2) is 0 Å². The second-order valence-electron chi connectivity index (χ2n) is 3.99. The van der Waals surface area contributed by atoms with Crippen LogP contribution in [0.2, 0.25) is 0 Å². The van der Waals surface area contributed by atoms with Crippen molar-refractivity contribution in [3.05, 3.63) is 11.4 Å². The van der Waals surface area contributed by atoms with Gasteiger partial charge < -0.3 is 10.6 Å². The van der Waals surface area contributed by atoms with E-state index in [2.05, 4.69) is 20.8 Å². The van der Waals surface area contributed by atoms with Crippen molar-refractivity contribution in [1.82, 2.24) is 15.5 Å². The number of amides is 1. The average molecular weight is 208 g/mol. The molecule has 5 heteroatoms. The monoisotopic (exact) mass is 208 g/mol. The molecule has 1 aliphatic heterocycles. The Morgan fingerprint density at radius 2 is 2.33 bits per heavy atom. The van der Waals surface area contributed by atoms with Crippen molar-refractivity contribution in [1.29, 1.82) is 0 Å². The van der Waals surface area contributed by atoms with Crippen molar-refractivity contribution in [3.63, 3.8) is 0 Å². The van der Waals surface area contributed by atoms with Gasteiger partial charge in [-0.3, -0.25) is 9.89 Å². The van der Waals surface area contributed by atoms with E-state index in [0.717, 1.165) is 36.6 Å². The number of carbonyl (C=O) groups excluding carboxylic acids is 1. The van der Waals surface area contributed by atoms with Gasteiger partial charge in [-0.1, -0.05) is 0 Å². The third kappa shape index (κ3) is 2.02. The summed E-state index contributed by atoms with van der Waals surface area (Å²) < 4.78 is 0. The molecule has 1 amide bonds. The number of carbonyl (C=O) groups is 1. The molecular formula is C10H16N4O.